The number of rotatable bonds is 6. The number of halogens is 2. The Morgan fingerprint density at radius 1 is 1.35 bits per heavy atom. The van der Waals surface area contributed by atoms with Gasteiger partial charge in [-0.25, -0.2) is 0 Å². The molecule has 20 heavy (non-hydrogen) atoms. The lowest BCUT2D eigenvalue weighted by atomic mass is 9.91. The van der Waals surface area contributed by atoms with Gasteiger partial charge in [-0.1, -0.05) is 23.2 Å². The number of hydrogen-bond donors (Lipinski definition) is 1. The summed E-state index contributed by atoms with van der Waals surface area (Å²) in [5.74, 6) is 0.389. The molecule has 110 valence electrons. The molecule has 0 radical (unpaired) electrons. The Morgan fingerprint density at radius 3 is 2.65 bits per heavy atom. The number of ether oxygens (including phenoxy) is 1. The topological polar surface area (TPSA) is 49.8 Å². The first-order valence-electron chi connectivity index (χ1n) is 6.60. The van der Waals surface area contributed by atoms with Gasteiger partial charge in [-0.2, -0.15) is 0 Å². The van der Waals surface area contributed by atoms with Gasteiger partial charge in [0.25, 0.3) is 5.91 Å². The van der Waals surface area contributed by atoms with Gasteiger partial charge < -0.3 is 14.7 Å². The molecule has 0 saturated heterocycles. The van der Waals surface area contributed by atoms with E-state index >= 15 is 0 Å². The predicted molar refractivity (Wildman–Crippen MR) is 78.4 cm³/mol. The van der Waals surface area contributed by atoms with Gasteiger partial charge in [0.1, 0.15) is 5.75 Å². The molecule has 1 saturated carbocycles. The van der Waals surface area contributed by atoms with Gasteiger partial charge in [0.2, 0.25) is 0 Å². The molecule has 1 aromatic carbocycles. The smallest absolute Gasteiger partial charge is 0.260 e. The first kappa shape index (κ1) is 15.4. The fourth-order valence-electron chi connectivity index (χ4n) is 2.11. The zero-order valence-corrected chi connectivity index (χ0v) is 12.5. The molecule has 2 rings (SSSR count). The second-order valence-corrected chi connectivity index (χ2v) is 5.57. The number of carbonyl (C=O) groups is 1. The lowest BCUT2D eigenvalue weighted by molar-refractivity contribution is -0.138. The van der Waals surface area contributed by atoms with Gasteiger partial charge in [-0.3, -0.25) is 4.79 Å². The minimum Gasteiger partial charge on any atom is -0.484 e. The van der Waals surface area contributed by atoms with Crippen LogP contribution >= 0.6 is 23.2 Å². The van der Waals surface area contributed by atoms with Gasteiger partial charge in [0.05, 0.1) is 16.7 Å². The molecule has 1 aliphatic carbocycles. The van der Waals surface area contributed by atoms with E-state index in [-0.39, 0.29) is 25.2 Å². The molecule has 0 bridgehead atoms. The molecule has 6 heteroatoms. The fourth-order valence-corrected chi connectivity index (χ4v) is 2.40. The number of benzene rings is 1. The van der Waals surface area contributed by atoms with Crippen LogP contribution in [0, 0.1) is 0 Å². The van der Waals surface area contributed by atoms with E-state index in [2.05, 4.69) is 0 Å². The van der Waals surface area contributed by atoms with Crippen molar-refractivity contribution in [1.82, 2.24) is 4.90 Å². The molecule has 0 heterocycles. The second-order valence-electron chi connectivity index (χ2n) is 4.76. The summed E-state index contributed by atoms with van der Waals surface area (Å²) in [6.45, 7) is 0.262. The minimum atomic E-state index is -0.116. The van der Waals surface area contributed by atoms with E-state index in [9.17, 15) is 4.79 Å². The average Bonchev–Trinajstić information content (AvgIpc) is 2.37. The summed E-state index contributed by atoms with van der Waals surface area (Å²) < 4.78 is 5.43. The van der Waals surface area contributed by atoms with Crippen LogP contribution in [-0.4, -0.2) is 41.7 Å². The summed E-state index contributed by atoms with van der Waals surface area (Å²) in [7, 11) is 0. The van der Waals surface area contributed by atoms with Crippen LogP contribution in [0.1, 0.15) is 19.3 Å². The van der Waals surface area contributed by atoms with Crippen LogP contribution in [0.25, 0.3) is 0 Å². The van der Waals surface area contributed by atoms with E-state index in [1.165, 1.54) is 0 Å². The first-order valence-corrected chi connectivity index (χ1v) is 7.35. The Balaban J connectivity index is 1.90. The summed E-state index contributed by atoms with van der Waals surface area (Å²) in [5, 5.41) is 9.88. The van der Waals surface area contributed by atoms with Crippen molar-refractivity contribution in [2.24, 2.45) is 0 Å². The number of nitrogens with zero attached hydrogens (tertiary/aromatic N) is 1. The molecular weight excluding hydrogens is 301 g/mol. The van der Waals surface area contributed by atoms with E-state index in [4.69, 9.17) is 33.0 Å². The normalized spacial score (nSPS) is 14.8. The van der Waals surface area contributed by atoms with Gasteiger partial charge >= 0.3 is 0 Å². The highest BCUT2D eigenvalue weighted by Gasteiger charge is 2.28. The van der Waals surface area contributed by atoms with Crippen molar-refractivity contribution in [3.05, 3.63) is 28.2 Å². The van der Waals surface area contributed by atoms with Crippen LogP contribution in [0.5, 0.6) is 5.75 Å². The number of amides is 1. The number of aliphatic hydroxyl groups is 1. The zero-order valence-electron chi connectivity index (χ0n) is 11.0. The Hall–Kier alpha value is -0.970. The van der Waals surface area contributed by atoms with Crippen molar-refractivity contribution >= 4 is 29.1 Å². The predicted octanol–water partition coefficient (Wildman–Crippen LogP) is 2.75. The zero-order chi connectivity index (χ0) is 14.5. The van der Waals surface area contributed by atoms with Crippen molar-refractivity contribution in [3.8, 4) is 5.75 Å². The van der Waals surface area contributed by atoms with E-state index in [0.29, 0.717) is 22.3 Å². The minimum absolute atomic E-state index is 0.0327. The quantitative estimate of drug-likeness (QED) is 0.877. The molecule has 0 aliphatic heterocycles. The van der Waals surface area contributed by atoms with Crippen LogP contribution in [0.4, 0.5) is 0 Å². The standard InChI is InChI=1S/C14H17Cl2NO3/c15-12-5-4-11(8-13(12)16)20-9-14(19)17(6-7-18)10-2-1-3-10/h4-5,8,10,18H,1-3,6-7,9H2. The Kier molecular flexibility index (Phi) is 5.52. The molecule has 1 aliphatic rings. The molecule has 0 spiro atoms. The highest BCUT2D eigenvalue weighted by atomic mass is 35.5. The monoisotopic (exact) mass is 317 g/mol. The Morgan fingerprint density at radius 2 is 2.10 bits per heavy atom. The van der Waals surface area contributed by atoms with E-state index in [0.717, 1.165) is 19.3 Å². The summed E-state index contributed by atoms with van der Waals surface area (Å²) in [4.78, 5) is 13.8. The molecule has 1 N–H and O–H groups in total. The molecule has 4 nitrogen and oxygen atoms in total. The third-order valence-corrected chi connectivity index (χ3v) is 4.17. The van der Waals surface area contributed by atoms with Crippen LogP contribution in [-0.2, 0) is 4.79 Å². The van der Waals surface area contributed by atoms with Crippen LogP contribution in [0.3, 0.4) is 0 Å². The van der Waals surface area contributed by atoms with Crippen molar-refractivity contribution in [2.45, 2.75) is 25.3 Å². The first-order chi connectivity index (χ1) is 9.61. The molecular formula is C14H17Cl2NO3. The van der Waals surface area contributed by atoms with Crippen molar-refractivity contribution < 1.29 is 14.6 Å². The largest absolute Gasteiger partial charge is 0.484 e. The summed E-state index contributed by atoms with van der Waals surface area (Å²) in [6, 6.07) is 5.12. The maximum Gasteiger partial charge on any atom is 0.260 e. The van der Waals surface area contributed by atoms with E-state index < -0.39 is 0 Å². The number of carbonyl (C=O) groups excluding carboxylic acids is 1. The van der Waals surface area contributed by atoms with Crippen LogP contribution in [0.2, 0.25) is 10.0 Å². The highest BCUT2D eigenvalue weighted by Crippen LogP contribution is 2.27. The molecule has 1 aromatic rings. The maximum absolute atomic E-state index is 12.1. The van der Waals surface area contributed by atoms with Crippen LogP contribution in [0.15, 0.2) is 18.2 Å². The highest BCUT2D eigenvalue weighted by molar-refractivity contribution is 6.42. The van der Waals surface area contributed by atoms with E-state index in [1.54, 1.807) is 23.1 Å². The molecule has 1 amide bonds. The average molecular weight is 318 g/mol. The molecule has 1 fully saturated rings. The molecule has 0 unspecified atom stereocenters. The third-order valence-electron chi connectivity index (χ3n) is 3.43. The molecule has 0 aromatic heterocycles. The van der Waals surface area contributed by atoms with E-state index in [1.807, 2.05) is 0 Å². The maximum atomic E-state index is 12.1. The number of hydrogen-bond acceptors (Lipinski definition) is 3. The fraction of sp³-hybridized carbons (Fsp3) is 0.500. The van der Waals surface area contributed by atoms with Crippen molar-refractivity contribution in [3.63, 3.8) is 0 Å². The van der Waals surface area contributed by atoms with Gasteiger partial charge in [0, 0.05) is 18.7 Å². The van der Waals surface area contributed by atoms with Crippen molar-refractivity contribution in [1.29, 1.82) is 0 Å². The van der Waals surface area contributed by atoms with Gasteiger partial charge in [-0.15, -0.1) is 0 Å². The third kappa shape index (κ3) is 3.78. The SMILES string of the molecule is O=C(COc1ccc(Cl)c(Cl)c1)N(CCO)C1CCC1. The Labute approximate surface area is 128 Å². The summed E-state index contributed by atoms with van der Waals surface area (Å²) >= 11 is 11.7. The van der Waals surface area contributed by atoms with Gasteiger partial charge in [0.15, 0.2) is 6.61 Å². The van der Waals surface area contributed by atoms with Gasteiger partial charge in [-0.05, 0) is 31.4 Å². The summed E-state index contributed by atoms with van der Waals surface area (Å²) in [5.41, 5.74) is 0. The summed E-state index contributed by atoms with van der Waals surface area (Å²) in [6.07, 6.45) is 3.13. The lowest BCUT2D eigenvalue weighted by Gasteiger charge is -2.37. The lowest BCUT2D eigenvalue weighted by Crippen LogP contribution is -2.47. The Bertz CT molecular complexity index is 477. The second kappa shape index (κ2) is 7.16. The van der Waals surface area contributed by atoms with Crippen molar-refractivity contribution in [2.75, 3.05) is 19.8 Å². The number of aliphatic hydroxyl groups excluding tert-OH is 1. The molecule has 0 atom stereocenters. The van der Waals surface area contributed by atoms with Crippen LogP contribution < -0.4 is 4.74 Å².